The zero-order valence-electron chi connectivity index (χ0n) is 11.3. The van der Waals surface area contributed by atoms with Crippen LogP contribution in [0.25, 0.3) is 0 Å². The van der Waals surface area contributed by atoms with Gasteiger partial charge in [-0.1, -0.05) is 0 Å². The minimum Gasteiger partial charge on any atom is -0.395 e. The molecule has 22 heavy (non-hydrogen) atoms. The number of carbonyl (C=O) groups excluding carboxylic acids is 1. The Bertz CT molecular complexity index is 598. The number of carbonyl (C=O) groups is 1. The predicted octanol–water partition coefficient (Wildman–Crippen LogP) is -0.607. The van der Waals surface area contributed by atoms with Crippen molar-refractivity contribution < 1.29 is 24.9 Å². The number of nitrogens with zero attached hydrogens (tertiary/aromatic N) is 3. The molecule has 0 fully saturated rings. The third-order valence-electron chi connectivity index (χ3n) is 2.83. The number of benzene rings is 1. The van der Waals surface area contributed by atoms with Crippen LogP contribution in [0.1, 0.15) is 10.4 Å². The van der Waals surface area contributed by atoms with Crippen LogP contribution in [0, 0.1) is 20.2 Å². The first-order valence-corrected chi connectivity index (χ1v) is 6.06. The van der Waals surface area contributed by atoms with Gasteiger partial charge in [-0.2, -0.15) is 0 Å². The number of nitrogens with two attached hydrogens (primary N) is 1. The summed E-state index contributed by atoms with van der Waals surface area (Å²) < 4.78 is 0. The molecule has 0 spiro atoms. The van der Waals surface area contributed by atoms with E-state index < -0.39 is 27.1 Å². The van der Waals surface area contributed by atoms with Crippen molar-refractivity contribution in [1.82, 2.24) is 0 Å². The van der Waals surface area contributed by atoms with E-state index >= 15 is 0 Å². The number of nitro groups is 2. The molecule has 0 heterocycles. The summed E-state index contributed by atoms with van der Waals surface area (Å²) in [5.41, 5.74) is 3.11. The van der Waals surface area contributed by atoms with E-state index in [-0.39, 0.29) is 37.6 Å². The van der Waals surface area contributed by atoms with E-state index in [2.05, 4.69) is 0 Å². The van der Waals surface area contributed by atoms with Crippen molar-refractivity contribution in [1.29, 1.82) is 0 Å². The summed E-state index contributed by atoms with van der Waals surface area (Å²) in [6.45, 7) is -0.808. The average Bonchev–Trinajstić information content (AvgIpc) is 2.45. The number of rotatable bonds is 8. The van der Waals surface area contributed by atoms with Crippen LogP contribution in [0.3, 0.4) is 0 Å². The maximum Gasteiger partial charge on any atom is 0.348 e. The second kappa shape index (κ2) is 7.28. The summed E-state index contributed by atoms with van der Waals surface area (Å²) in [4.78, 5) is 32.7. The Kier molecular flexibility index (Phi) is 5.72. The fourth-order valence-corrected chi connectivity index (χ4v) is 1.91. The van der Waals surface area contributed by atoms with Crippen molar-refractivity contribution in [2.45, 2.75) is 0 Å². The number of aliphatic hydroxyl groups is 2. The second-order valence-electron chi connectivity index (χ2n) is 4.17. The monoisotopic (exact) mass is 314 g/mol. The number of aliphatic hydroxyl groups excluding tert-OH is 2. The van der Waals surface area contributed by atoms with Gasteiger partial charge in [-0.25, -0.2) is 0 Å². The summed E-state index contributed by atoms with van der Waals surface area (Å²) >= 11 is 0. The molecule has 0 aliphatic carbocycles. The first kappa shape index (κ1) is 17.3. The highest BCUT2D eigenvalue weighted by Crippen LogP contribution is 2.34. The van der Waals surface area contributed by atoms with Crippen molar-refractivity contribution >= 4 is 23.0 Å². The molecule has 0 radical (unpaired) electrons. The predicted molar refractivity (Wildman–Crippen MR) is 74.7 cm³/mol. The zero-order valence-corrected chi connectivity index (χ0v) is 11.3. The van der Waals surface area contributed by atoms with E-state index in [9.17, 15) is 25.0 Å². The van der Waals surface area contributed by atoms with Gasteiger partial charge in [-0.15, -0.1) is 0 Å². The minimum absolute atomic E-state index is 0.0458. The third-order valence-corrected chi connectivity index (χ3v) is 2.83. The van der Waals surface area contributed by atoms with Crippen LogP contribution in [0.4, 0.5) is 17.1 Å². The number of hydrogen-bond donors (Lipinski definition) is 3. The molecule has 0 aliphatic heterocycles. The van der Waals surface area contributed by atoms with Crippen LogP contribution < -0.4 is 10.6 Å². The molecule has 120 valence electrons. The lowest BCUT2D eigenvalue weighted by molar-refractivity contribution is -0.422. The van der Waals surface area contributed by atoms with Gasteiger partial charge in [0.2, 0.25) is 0 Å². The summed E-state index contributed by atoms with van der Waals surface area (Å²) in [6.07, 6.45) is 0. The Morgan fingerprint density at radius 1 is 1.09 bits per heavy atom. The molecule has 1 aromatic rings. The first-order chi connectivity index (χ1) is 10.3. The summed E-state index contributed by atoms with van der Waals surface area (Å²) in [6, 6.07) is 1.56. The molecule has 1 aromatic carbocycles. The molecule has 11 heteroatoms. The lowest BCUT2D eigenvalue weighted by atomic mass is 10.1. The molecule has 0 saturated heterocycles. The average molecular weight is 314 g/mol. The zero-order chi connectivity index (χ0) is 16.9. The molecule has 1 amide bonds. The quantitative estimate of drug-likeness (QED) is 0.421. The minimum atomic E-state index is -1.02. The lowest BCUT2D eigenvalue weighted by Gasteiger charge is -2.24. The fourth-order valence-electron chi connectivity index (χ4n) is 1.91. The van der Waals surface area contributed by atoms with Crippen LogP contribution in [-0.2, 0) is 0 Å². The smallest absolute Gasteiger partial charge is 0.348 e. The Morgan fingerprint density at radius 3 is 1.91 bits per heavy atom. The van der Waals surface area contributed by atoms with Crippen molar-refractivity contribution in [3.8, 4) is 0 Å². The van der Waals surface area contributed by atoms with Crippen molar-refractivity contribution in [2.75, 3.05) is 31.2 Å². The van der Waals surface area contributed by atoms with Gasteiger partial charge in [0.1, 0.15) is 0 Å². The summed E-state index contributed by atoms with van der Waals surface area (Å²) in [5.74, 6) is -1.02. The standard InChI is InChI=1S/C11H14N4O7/c12-11(18)7-5-9(14(19)20)10(15(21)22)6-8(7)13(1-3-16)2-4-17/h5-6,16-17H,1-4H2,(H2,12,18). The van der Waals surface area contributed by atoms with Gasteiger partial charge in [-0.05, 0) is 0 Å². The van der Waals surface area contributed by atoms with Crippen LogP contribution in [0.5, 0.6) is 0 Å². The van der Waals surface area contributed by atoms with Crippen LogP contribution in [0.2, 0.25) is 0 Å². The van der Waals surface area contributed by atoms with Gasteiger partial charge in [0, 0.05) is 25.2 Å². The van der Waals surface area contributed by atoms with Gasteiger partial charge in [0.15, 0.2) is 0 Å². The van der Waals surface area contributed by atoms with Crippen molar-refractivity contribution in [2.24, 2.45) is 5.73 Å². The van der Waals surface area contributed by atoms with Crippen LogP contribution >= 0.6 is 0 Å². The molecule has 0 saturated carbocycles. The molecular formula is C11H14N4O7. The Balaban J connectivity index is 3.59. The van der Waals surface area contributed by atoms with Gasteiger partial charge in [0.25, 0.3) is 5.91 Å². The Hall–Kier alpha value is -2.79. The Labute approximate surface area is 123 Å². The van der Waals surface area contributed by atoms with E-state index in [1.165, 1.54) is 4.90 Å². The number of primary amides is 1. The number of anilines is 1. The van der Waals surface area contributed by atoms with Crippen molar-refractivity contribution in [3.05, 3.63) is 37.9 Å². The molecule has 0 aliphatic rings. The maximum absolute atomic E-state index is 11.5. The van der Waals surface area contributed by atoms with E-state index in [0.717, 1.165) is 12.1 Å². The van der Waals surface area contributed by atoms with Gasteiger partial charge < -0.3 is 20.8 Å². The number of hydrogen-bond acceptors (Lipinski definition) is 8. The molecule has 11 nitrogen and oxygen atoms in total. The number of nitro benzene ring substituents is 2. The van der Waals surface area contributed by atoms with E-state index in [1.807, 2.05) is 0 Å². The number of amides is 1. The van der Waals surface area contributed by atoms with Gasteiger partial charge in [0.05, 0.1) is 34.3 Å². The van der Waals surface area contributed by atoms with E-state index in [0.29, 0.717) is 0 Å². The second-order valence-corrected chi connectivity index (χ2v) is 4.17. The van der Waals surface area contributed by atoms with Crippen LogP contribution in [-0.4, -0.2) is 52.3 Å². The fraction of sp³-hybridized carbons (Fsp3) is 0.364. The summed E-state index contributed by atoms with van der Waals surface area (Å²) in [5, 5.41) is 39.8. The summed E-state index contributed by atoms with van der Waals surface area (Å²) in [7, 11) is 0. The molecule has 0 unspecified atom stereocenters. The normalized spacial score (nSPS) is 10.3. The maximum atomic E-state index is 11.5. The SMILES string of the molecule is NC(=O)c1cc([N+](=O)[O-])c([N+](=O)[O-])cc1N(CCO)CCO. The molecule has 1 rings (SSSR count). The van der Waals surface area contributed by atoms with Gasteiger partial charge in [-0.3, -0.25) is 25.0 Å². The molecule has 0 atom stereocenters. The van der Waals surface area contributed by atoms with Crippen molar-refractivity contribution in [3.63, 3.8) is 0 Å². The molecular weight excluding hydrogens is 300 g/mol. The largest absolute Gasteiger partial charge is 0.395 e. The third kappa shape index (κ3) is 3.65. The highest BCUT2D eigenvalue weighted by molar-refractivity contribution is 6.00. The van der Waals surface area contributed by atoms with E-state index in [4.69, 9.17) is 15.9 Å². The Morgan fingerprint density at radius 2 is 1.55 bits per heavy atom. The molecule has 0 aromatic heterocycles. The molecule has 0 bridgehead atoms. The molecule has 4 N–H and O–H groups in total. The lowest BCUT2D eigenvalue weighted by Crippen LogP contribution is -2.32. The van der Waals surface area contributed by atoms with E-state index in [1.54, 1.807) is 0 Å². The first-order valence-electron chi connectivity index (χ1n) is 6.06. The topological polar surface area (TPSA) is 173 Å². The van der Waals surface area contributed by atoms with Gasteiger partial charge >= 0.3 is 11.4 Å². The highest BCUT2D eigenvalue weighted by Gasteiger charge is 2.30. The van der Waals surface area contributed by atoms with Crippen LogP contribution in [0.15, 0.2) is 12.1 Å². The highest BCUT2D eigenvalue weighted by atomic mass is 16.6.